The number of aromatic nitrogens is 2. The summed E-state index contributed by atoms with van der Waals surface area (Å²) in [7, 11) is -3.18. The highest BCUT2D eigenvalue weighted by atomic mass is 79.9. The van der Waals surface area contributed by atoms with Crippen LogP contribution in [-0.4, -0.2) is 61.0 Å². The van der Waals surface area contributed by atoms with E-state index in [1.807, 2.05) is 0 Å². The average Bonchev–Trinajstić information content (AvgIpc) is 3.38. The molecule has 2 aromatic rings. The molecule has 10 nitrogen and oxygen atoms in total. The lowest BCUT2D eigenvalue weighted by molar-refractivity contribution is 0.188. The van der Waals surface area contributed by atoms with E-state index in [0.717, 1.165) is 6.42 Å². The number of oxime groups is 1. The van der Waals surface area contributed by atoms with Gasteiger partial charge in [0.1, 0.15) is 5.82 Å². The number of sulfone groups is 1. The zero-order valence-electron chi connectivity index (χ0n) is 15.8. The molecular weight excluding hydrogens is 485 g/mol. The molecule has 1 aromatic carbocycles. The number of hydrogen-bond acceptors (Lipinski definition) is 9. The molecule has 0 spiro atoms. The predicted octanol–water partition coefficient (Wildman–Crippen LogP) is 2.47. The van der Waals surface area contributed by atoms with E-state index in [2.05, 4.69) is 42.0 Å². The lowest BCUT2D eigenvalue weighted by Crippen LogP contribution is -2.21. The summed E-state index contributed by atoms with van der Waals surface area (Å²) in [6.07, 6.45) is 1.12. The number of nitrogens with zero attached hydrogens (tertiary/aromatic N) is 3. The second kappa shape index (κ2) is 10.2. The molecule has 1 fully saturated rings. The van der Waals surface area contributed by atoms with Crippen LogP contribution in [0.25, 0.3) is 0 Å². The van der Waals surface area contributed by atoms with Gasteiger partial charge in [0.05, 0.1) is 22.6 Å². The van der Waals surface area contributed by atoms with Crippen molar-refractivity contribution in [2.24, 2.45) is 11.1 Å². The Kier molecular flexibility index (Phi) is 7.61. The van der Waals surface area contributed by atoms with Crippen molar-refractivity contribution in [2.75, 3.05) is 41.9 Å². The highest BCUT2D eigenvalue weighted by Crippen LogP contribution is 2.21. The highest BCUT2D eigenvalue weighted by molar-refractivity contribution is 9.10. The van der Waals surface area contributed by atoms with Crippen LogP contribution in [0.2, 0.25) is 0 Å². The molecule has 0 radical (unpaired) electrons. The van der Waals surface area contributed by atoms with E-state index in [1.54, 1.807) is 0 Å². The summed E-state index contributed by atoms with van der Waals surface area (Å²) in [6.45, 7) is 1.40. The number of halogens is 2. The van der Waals surface area contributed by atoms with Crippen LogP contribution in [0.4, 0.5) is 15.9 Å². The summed E-state index contributed by atoms with van der Waals surface area (Å²) in [5.41, 5.74) is 0.524. The first kappa shape index (κ1) is 22.4. The Labute approximate surface area is 180 Å². The zero-order valence-corrected chi connectivity index (χ0v) is 18.2. The van der Waals surface area contributed by atoms with Gasteiger partial charge in [-0.25, -0.2) is 17.4 Å². The van der Waals surface area contributed by atoms with Gasteiger partial charge >= 0.3 is 0 Å². The quantitative estimate of drug-likeness (QED) is 0.154. The van der Waals surface area contributed by atoms with Crippen molar-refractivity contribution < 1.29 is 27.4 Å². The Bertz CT molecular complexity index is 994. The van der Waals surface area contributed by atoms with E-state index in [1.165, 1.54) is 18.2 Å². The Morgan fingerprint density at radius 3 is 2.93 bits per heavy atom. The number of ether oxygens (including phenoxy) is 1. The molecule has 3 rings (SSSR count). The van der Waals surface area contributed by atoms with E-state index in [0.29, 0.717) is 31.9 Å². The van der Waals surface area contributed by atoms with Crippen molar-refractivity contribution in [3.05, 3.63) is 34.2 Å². The van der Waals surface area contributed by atoms with Crippen molar-refractivity contribution in [3.63, 3.8) is 0 Å². The van der Waals surface area contributed by atoms with Crippen LogP contribution in [-0.2, 0) is 14.6 Å². The van der Waals surface area contributed by atoms with Gasteiger partial charge in [0.2, 0.25) is 11.7 Å². The lowest BCUT2D eigenvalue weighted by Gasteiger charge is -2.10. The smallest absolute Gasteiger partial charge is 0.203 e. The van der Waals surface area contributed by atoms with Gasteiger partial charge in [-0.1, -0.05) is 5.16 Å². The van der Waals surface area contributed by atoms with E-state index >= 15 is 0 Å². The molecule has 1 atom stereocenters. The highest BCUT2D eigenvalue weighted by Gasteiger charge is 2.23. The van der Waals surface area contributed by atoms with Crippen molar-refractivity contribution in [2.45, 2.75) is 12.8 Å². The molecule has 1 saturated heterocycles. The molecule has 0 aliphatic carbocycles. The number of amidine groups is 1. The van der Waals surface area contributed by atoms with Crippen molar-refractivity contribution in [1.29, 1.82) is 0 Å². The van der Waals surface area contributed by atoms with Gasteiger partial charge in [-0.15, -0.1) is 0 Å². The molecule has 2 heterocycles. The fourth-order valence-corrected chi connectivity index (χ4v) is 5.07. The van der Waals surface area contributed by atoms with Crippen LogP contribution in [0.15, 0.2) is 32.5 Å². The van der Waals surface area contributed by atoms with Crippen molar-refractivity contribution in [3.8, 4) is 0 Å². The normalized spacial score (nSPS) is 17.3. The van der Waals surface area contributed by atoms with Gasteiger partial charge < -0.3 is 20.6 Å². The third-order valence-corrected chi connectivity index (χ3v) is 6.93. The number of rotatable bonds is 9. The molecule has 0 amide bonds. The monoisotopic (exact) mass is 505 g/mol. The van der Waals surface area contributed by atoms with Crippen LogP contribution in [0.1, 0.15) is 18.5 Å². The second-order valence-electron chi connectivity index (χ2n) is 6.79. The molecular formula is C17H21BrFN5O5S. The third-order valence-electron chi connectivity index (χ3n) is 4.43. The molecule has 1 aliphatic heterocycles. The molecule has 3 N–H and O–H groups in total. The van der Waals surface area contributed by atoms with Crippen LogP contribution in [0.5, 0.6) is 0 Å². The SMILES string of the molecule is O=S(=O)(CCCNc1nonc1C(=NO)Nc1ccc(F)c(Br)c1)CC1CCOC1. The third kappa shape index (κ3) is 6.12. The van der Waals surface area contributed by atoms with Gasteiger partial charge in [-0.05, 0) is 63.2 Å². The van der Waals surface area contributed by atoms with E-state index in [4.69, 9.17) is 9.37 Å². The first-order valence-corrected chi connectivity index (χ1v) is 11.8. The minimum Gasteiger partial charge on any atom is -0.409 e. The largest absolute Gasteiger partial charge is 0.409 e. The summed E-state index contributed by atoms with van der Waals surface area (Å²) in [6, 6.07) is 4.15. The summed E-state index contributed by atoms with van der Waals surface area (Å²) in [5.74, 6) is -0.120. The van der Waals surface area contributed by atoms with Crippen LogP contribution in [0.3, 0.4) is 0 Å². The van der Waals surface area contributed by atoms with Crippen LogP contribution in [0, 0.1) is 11.7 Å². The van der Waals surface area contributed by atoms with Crippen molar-refractivity contribution in [1.82, 2.24) is 10.3 Å². The maximum Gasteiger partial charge on any atom is 0.203 e. The summed E-state index contributed by atoms with van der Waals surface area (Å²) < 4.78 is 47.9. The van der Waals surface area contributed by atoms with E-state index in [9.17, 15) is 18.0 Å². The fraction of sp³-hybridized carbons (Fsp3) is 0.471. The molecule has 164 valence electrons. The Morgan fingerprint density at radius 1 is 1.40 bits per heavy atom. The second-order valence-corrected chi connectivity index (χ2v) is 9.87. The Balaban J connectivity index is 1.54. The molecule has 1 aliphatic rings. The standard InChI is InChI=1S/C17H21BrFN5O5S/c18-13-8-12(2-3-14(13)19)21-17(22-25)15-16(24-29-23-15)20-5-1-7-30(26,27)10-11-4-6-28-9-11/h2-3,8,11,25H,1,4-7,9-10H2,(H,20,24)(H,21,22). The maximum absolute atomic E-state index is 13.4. The number of anilines is 2. The average molecular weight is 506 g/mol. The lowest BCUT2D eigenvalue weighted by atomic mass is 10.2. The summed E-state index contributed by atoms with van der Waals surface area (Å²) in [5, 5.41) is 25.6. The number of hydrogen-bond donors (Lipinski definition) is 3. The molecule has 0 bridgehead atoms. The minimum absolute atomic E-state index is 0.0277. The number of benzene rings is 1. The Morgan fingerprint density at radius 2 is 2.23 bits per heavy atom. The first-order chi connectivity index (χ1) is 14.4. The molecule has 13 heteroatoms. The molecule has 1 unspecified atom stereocenters. The molecule has 1 aromatic heterocycles. The maximum atomic E-state index is 13.4. The number of nitrogens with one attached hydrogen (secondary N) is 2. The van der Waals surface area contributed by atoms with Gasteiger partial charge in [0.25, 0.3) is 0 Å². The zero-order chi connectivity index (χ0) is 21.6. The van der Waals surface area contributed by atoms with Crippen LogP contribution >= 0.6 is 15.9 Å². The van der Waals surface area contributed by atoms with Gasteiger partial charge in [-0.3, -0.25) is 0 Å². The fourth-order valence-electron chi connectivity index (χ4n) is 2.96. The van der Waals surface area contributed by atoms with Gasteiger partial charge in [-0.2, -0.15) is 0 Å². The van der Waals surface area contributed by atoms with Gasteiger partial charge in [0, 0.05) is 18.8 Å². The first-order valence-electron chi connectivity index (χ1n) is 9.17. The predicted molar refractivity (Wildman–Crippen MR) is 111 cm³/mol. The van der Waals surface area contributed by atoms with E-state index in [-0.39, 0.29) is 39.2 Å². The molecule has 30 heavy (non-hydrogen) atoms. The van der Waals surface area contributed by atoms with Crippen molar-refractivity contribution >= 4 is 43.1 Å². The minimum atomic E-state index is -3.18. The van der Waals surface area contributed by atoms with Gasteiger partial charge in [0.15, 0.2) is 15.5 Å². The summed E-state index contributed by atoms with van der Waals surface area (Å²) in [4.78, 5) is 0. The van der Waals surface area contributed by atoms with E-state index < -0.39 is 15.7 Å². The van der Waals surface area contributed by atoms with Crippen LogP contribution < -0.4 is 10.6 Å². The summed E-state index contributed by atoms with van der Waals surface area (Å²) >= 11 is 3.07. The molecule has 0 saturated carbocycles. The Hall–Kier alpha value is -2.25. The topological polar surface area (TPSA) is 139 Å².